The second-order valence-electron chi connectivity index (χ2n) is 5.81. The minimum Gasteiger partial charge on any atom is -0.493 e. The maximum absolute atomic E-state index is 12.4. The zero-order valence-corrected chi connectivity index (χ0v) is 14.3. The molecule has 0 aromatic heterocycles. The number of nitrogens with zero attached hydrogens (tertiary/aromatic N) is 1. The van der Waals surface area contributed by atoms with Gasteiger partial charge in [-0.2, -0.15) is 13.2 Å². The molecule has 8 nitrogen and oxygen atoms in total. The van der Waals surface area contributed by atoms with Crippen LogP contribution in [0.25, 0.3) is 0 Å². The zero-order chi connectivity index (χ0) is 20.2. The number of rotatable bonds is 7. The fourth-order valence-electron chi connectivity index (χ4n) is 2.56. The lowest BCUT2D eigenvalue weighted by Gasteiger charge is -2.18. The SMILES string of the molecule is COc1cc(C(=O)NC2CCN(CC(F)(F)F)C2=O)ccc1OCC(N)=O. The molecule has 0 saturated carbocycles. The van der Waals surface area contributed by atoms with Gasteiger partial charge < -0.3 is 25.4 Å². The Balaban J connectivity index is 2.03. The van der Waals surface area contributed by atoms with Gasteiger partial charge in [0.25, 0.3) is 11.8 Å². The molecule has 27 heavy (non-hydrogen) atoms. The molecule has 0 radical (unpaired) electrons. The van der Waals surface area contributed by atoms with E-state index in [1.165, 1.54) is 25.3 Å². The number of alkyl halides is 3. The van der Waals surface area contributed by atoms with Crippen molar-refractivity contribution in [1.82, 2.24) is 10.2 Å². The molecule has 0 spiro atoms. The van der Waals surface area contributed by atoms with Crippen LogP contribution in [0.2, 0.25) is 0 Å². The standard InChI is InChI=1S/C16H18F3N3O5/c1-26-12-6-9(2-3-11(12)27-7-13(20)23)14(24)21-10-4-5-22(15(10)25)8-16(17,18)19/h2-3,6,10H,4-5,7-8H2,1H3,(H2,20,23)(H,21,24). The highest BCUT2D eigenvalue weighted by Crippen LogP contribution is 2.28. The number of ether oxygens (including phenoxy) is 2. The number of amides is 3. The molecule has 1 atom stereocenters. The van der Waals surface area contributed by atoms with E-state index in [0.717, 1.165) is 0 Å². The lowest BCUT2D eigenvalue weighted by Crippen LogP contribution is -2.43. The third-order valence-corrected chi connectivity index (χ3v) is 3.77. The van der Waals surface area contributed by atoms with Crippen LogP contribution in [-0.2, 0) is 9.59 Å². The van der Waals surface area contributed by atoms with Crippen molar-refractivity contribution in [2.24, 2.45) is 5.73 Å². The molecule has 3 N–H and O–H groups in total. The Labute approximate surface area is 152 Å². The molecule has 2 rings (SSSR count). The van der Waals surface area contributed by atoms with Crippen molar-refractivity contribution in [3.05, 3.63) is 23.8 Å². The van der Waals surface area contributed by atoms with Crippen molar-refractivity contribution >= 4 is 17.7 Å². The van der Waals surface area contributed by atoms with E-state index in [2.05, 4.69) is 5.32 Å². The average Bonchev–Trinajstić information content (AvgIpc) is 2.91. The van der Waals surface area contributed by atoms with Gasteiger partial charge in [-0.1, -0.05) is 0 Å². The molecule has 1 aromatic carbocycles. The fourth-order valence-corrected chi connectivity index (χ4v) is 2.56. The van der Waals surface area contributed by atoms with Gasteiger partial charge in [-0.05, 0) is 24.6 Å². The van der Waals surface area contributed by atoms with Gasteiger partial charge in [-0.25, -0.2) is 0 Å². The highest BCUT2D eigenvalue weighted by Gasteiger charge is 2.39. The molecule has 1 unspecified atom stereocenters. The molecule has 1 aliphatic rings. The summed E-state index contributed by atoms with van der Waals surface area (Å²) in [5.41, 5.74) is 5.10. The number of hydrogen-bond acceptors (Lipinski definition) is 5. The number of methoxy groups -OCH3 is 1. The van der Waals surface area contributed by atoms with Gasteiger partial charge in [-0.15, -0.1) is 0 Å². The maximum Gasteiger partial charge on any atom is 0.406 e. The second-order valence-corrected chi connectivity index (χ2v) is 5.81. The molecule has 11 heteroatoms. The summed E-state index contributed by atoms with van der Waals surface area (Å²) in [5.74, 6) is -1.79. The van der Waals surface area contributed by atoms with Gasteiger partial charge in [-0.3, -0.25) is 14.4 Å². The number of nitrogens with one attached hydrogen (secondary N) is 1. The minimum atomic E-state index is -4.50. The first-order valence-electron chi connectivity index (χ1n) is 7.86. The Morgan fingerprint density at radius 3 is 2.63 bits per heavy atom. The smallest absolute Gasteiger partial charge is 0.406 e. The Kier molecular flexibility index (Phi) is 6.13. The normalized spacial score (nSPS) is 17.0. The number of likely N-dealkylation sites (tertiary alicyclic amines) is 1. The predicted octanol–water partition coefficient (Wildman–Crippen LogP) is 0.452. The van der Waals surface area contributed by atoms with E-state index < -0.39 is 36.5 Å². The summed E-state index contributed by atoms with van der Waals surface area (Å²) in [5, 5.41) is 2.41. The lowest BCUT2D eigenvalue weighted by atomic mass is 10.1. The first-order chi connectivity index (χ1) is 12.6. The molecular formula is C16H18F3N3O5. The van der Waals surface area contributed by atoms with Gasteiger partial charge in [0, 0.05) is 12.1 Å². The topological polar surface area (TPSA) is 111 Å². The number of hydrogen-bond donors (Lipinski definition) is 2. The van der Waals surface area contributed by atoms with E-state index in [-0.39, 0.29) is 36.6 Å². The van der Waals surface area contributed by atoms with E-state index in [1.54, 1.807) is 0 Å². The van der Waals surface area contributed by atoms with Crippen LogP contribution in [-0.4, -0.2) is 61.6 Å². The Morgan fingerprint density at radius 2 is 2.04 bits per heavy atom. The van der Waals surface area contributed by atoms with E-state index in [0.29, 0.717) is 4.90 Å². The van der Waals surface area contributed by atoms with Crippen molar-refractivity contribution in [2.45, 2.75) is 18.6 Å². The summed E-state index contributed by atoms with van der Waals surface area (Å²) >= 11 is 0. The van der Waals surface area contributed by atoms with Crippen molar-refractivity contribution in [1.29, 1.82) is 0 Å². The number of halogens is 3. The molecule has 1 fully saturated rings. The Bertz CT molecular complexity index is 739. The molecule has 0 aliphatic carbocycles. The molecule has 1 heterocycles. The molecule has 0 bridgehead atoms. The van der Waals surface area contributed by atoms with Crippen LogP contribution < -0.4 is 20.5 Å². The van der Waals surface area contributed by atoms with Crippen LogP contribution in [0.3, 0.4) is 0 Å². The number of carbonyl (C=O) groups excluding carboxylic acids is 3. The summed E-state index contributed by atoms with van der Waals surface area (Å²) in [6.07, 6.45) is -4.42. The van der Waals surface area contributed by atoms with Gasteiger partial charge in [0.2, 0.25) is 5.91 Å². The molecular weight excluding hydrogens is 371 g/mol. The molecule has 1 saturated heterocycles. The zero-order valence-electron chi connectivity index (χ0n) is 14.3. The van der Waals surface area contributed by atoms with Gasteiger partial charge in [0.05, 0.1) is 7.11 Å². The number of primary amides is 1. The lowest BCUT2D eigenvalue weighted by molar-refractivity contribution is -0.157. The summed E-state index contributed by atoms with van der Waals surface area (Å²) in [7, 11) is 1.32. The second kappa shape index (κ2) is 8.14. The van der Waals surface area contributed by atoms with E-state index in [1.807, 2.05) is 0 Å². The third-order valence-electron chi connectivity index (χ3n) is 3.77. The first-order valence-corrected chi connectivity index (χ1v) is 7.86. The first kappa shape index (κ1) is 20.3. The molecule has 1 aliphatic heterocycles. The largest absolute Gasteiger partial charge is 0.493 e. The molecule has 1 aromatic rings. The highest BCUT2D eigenvalue weighted by molar-refractivity contribution is 5.98. The highest BCUT2D eigenvalue weighted by atomic mass is 19.4. The van der Waals surface area contributed by atoms with Gasteiger partial charge >= 0.3 is 6.18 Å². The molecule has 3 amide bonds. The Morgan fingerprint density at radius 1 is 1.33 bits per heavy atom. The monoisotopic (exact) mass is 389 g/mol. The third kappa shape index (κ3) is 5.50. The van der Waals surface area contributed by atoms with Crippen LogP contribution in [0, 0.1) is 0 Å². The predicted molar refractivity (Wildman–Crippen MR) is 86.2 cm³/mol. The van der Waals surface area contributed by atoms with Gasteiger partial charge in [0.15, 0.2) is 18.1 Å². The number of benzene rings is 1. The van der Waals surface area contributed by atoms with Crippen molar-refractivity contribution < 1.29 is 37.0 Å². The van der Waals surface area contributed by atoms with E-state index >= 15 is 0 Å². The maximum atomic E-state index is 12.4. The quantitative estimate of drug-likeness (QED) is 0.704. The number of carbonyl (C=O) groups is 3. The number of nitrogens with two attached hydrogens (primary N) is 1. The summed E-state index contributed by atoms with van der Waals surface area (Å²) in [6.45, 7) is -1.82. The van der Waals surface area contributed by atoms with Crippen LogP contribution in [0.5, 0.6) is 11.5 Å². The van der Waals surface area contributed by atoms with Crippen LogP contribution in [0.1, 0.15) is 16.8 Å². The van der Waals surface area contributed by atoms with Crippen molar-refractivity contribution in [2.75, 3.05) is 26.8 Å². The summed E-state index contributed by atoms with van der Waals surface area (Å²) < 4.78 is 47.5. The minimum absolute atomic E-state index is 0.0809. The van der Waals surface area contributed by atoms with E-state index in [9.17, 15) is 27.6 Å². The molecule has 148 valence electrons. The van der Waals surface area contributed by atoms with Crippen molar-refractivity contribution in [3.8, 4) is 11.5 Å². The Hall–Kier alpha value is -2.98. The van der Waals surface area contributed by atoms with Crippen LogP contribution in [0.15, 0.2) is 18.2 Å². The average molecular weight is 389 g/mol. The van der Waals surface area contributed by atoms with Gasteiger partial charge in [0.1, 0.15) is 12.6 Å². The van der Waals surface area contributed by atoms with Crippen LogP contribution in [0.4, 0.5) is 13.2 Å². The summed E-state index contributed by atoms with van der Waals surface area (Å²) in [6, 6.07) is 3.03. The van der Waals surface area contributed by atoms with E-state index in [4.69, 9.17) is 15.2 Å². The fraction of sp³-hybridized carbons (Fsp3) is 0.438. The van der Waals surface area contributed by atoms with Crippen molar-refractivity contribution in [3.63, 3.8) is 0 Å². The van der Waals surface area contributed by atoms with Crippen LogP contribution >= 0.6 is 0 Å². The summed E-state index contributed by atoms with van der Waals surface area (Å²) in [4.78, 5) is 35.7.